The van der Waals surface area contributed by atoms with E-state index < -0.39 is 0 Å². The van der Waals surface area contributed by atoms with Crippen LogP contribution in [0.5, 0.6) is 0 Å². The van der Waals surface area contributed by atoms with Crippen LogP contribution in [0.15, 0.2) is 89.7 Å². The average molecular weight is 418 g/mol. The third-order valence-corrected chi connectivity index (χ3v) is 5.30. The molecule has 2 N–H and O–H groups in total. The van der Waals surface area contributed by atoms with E-state index in [0.29, 0.717) is 5.39 Å². The first-order valence-corrected chi connectivity index (χ1v) is 10.2. The lowest BCUT2D eigenvalue weighted by Gasteiger charge is -2.17. The Morgan fingerprint density at radius 3 is 2.40 bits per heavy atom. The van der Waals surface area contributed by atoms with Gasteiger partial charge in [0.15, 0.2) is 0 Å². The van der Waals surface area contributed by atoms with Gasteiger partial charge < -0.3 is 14.6 Å². The molecule has 0 fully saturated rings. The Bertz CT molecular complexity index is 1280. The molecule has 150 valence electrons. The number of benzene rings is 3. The van der Waals surface area contributed by atoms with E-state index in [1.54, 1.807) is 29.2 Å². The maximum absolute atomic E-state index is 13.3. The van der Waals surface area contributed by atoms with Gasteiger partial charge in [-0.15, -0.1) is 0 Å². The van der Waals surface area contributed by atoms with Gasteiger partial charge in [-0.05, 0) is 71.3 Å². The van der Waals surface area contributed by atoms with Crippen molar-refractivity contribution in [2.45, 2.75) is 0 Å². The molecule has 0 radical (unpaired) electrons. The quantitative estimate of drug-likeness (QED) is 0.362. The van der Waals surface area contributed by atoms with Crippen molar-refractivity contribution in [2.24, 2.45) is 7.05 Å². The van der Waals surface area contributed by atoms with Crippen LogP contribution in [-0.4, -0.2) is 4.57 Å². The van der Waals surface area contributed by atoms with Crippen molar-refractivity contribution in [3.8, 4) is 11.1 Å². The highest BCUT2D eigenvalue weighted by Gasteiger charge is 2.13. The number of pyridine rings is 1. The molecule has 4 rings (SSSR count). The number of halogens is 1. The minimum atomic E-state index is -0.286. The highest BCUT2D eigenvalue weighted by atomic mass is 32.2. The summed E-state index contributed by atoms with van der Waals surface area (Å²) in [5.41, 5.74) is 4.31. The average Bonchev–Trinajstić information content (AvgIpc) is 2.77. The van der Waals surface area contributed by atoms with E-state index in [9.17, 15) is 9.18 Å². The predicted octanol–water partition coefficient (Wildman–Crippen LogP) is 6.29. The Morgan fingerprint density at radius 1 is 0.967 bits per heavy atom. The molecular weight excluding hydrogens is 397 g/mol. The fraction of sp³-hybridized carbons (Fsp3) is 0.0417. The zero-order chi connectivity index (χ0) is 21.1. The zero-order valence-corrected chi connectivity index (χ0v) is 17.2. The van der Waals surface area contributed by atoms with Gasteiger partial charge in [-0.2, -0.15) is 0 Å². The molecule has 0 spiro atoms. The monoisotopic (exact) mass is 417 g/mol. The predicted molar refractivity (Wildman–Crippen MR) is 126 cm³/mol. The van der Waals surface area contributed by atoms with E-state index in [4.69, 9.17) is 0 Å². The summed E-state index contributed by atoms with van der Waals surface area (Å²) in [4.78, 5) is 12.6. The fourth-order valence-corrected chi connectivity index (χ4v) is 3.72. The van der Waals surface area contributed by atoms with Gasteiger partial charge in [0.25, 0.3) is 5.56 Å². The van der Waals surface area contributed by atoms with Crippen LogP contribution >= 0.6 is 11.9 Å². The highest BCUT2D eigenvalue weighted by Crippen LogP contribution is 2.36. The van der Waals surface area contributed by atoms with E-state index in [2.05, 4.69) is 16.6 Å². The van der Waals surface area contributed by atoms with Crippen molar-refractivity contribution < 1.29 is 4.39 Å². The van der Waals surface area contributed by atoms with Gasteiger partial charge >= 0.3 is 0 Å². The molecule has 1 heterocycles. The maximum atomic E-state index is 13.3. The fourth-order valence-electron chi connectivity index (χ4n) is 3.37. The van der Waals surface area contributed by atoms with Gasteiger partial charge in [-0.1, -0.05) is 24.8 Å². The summed E-state index contributed by atoms with van der Waals surface area (Å²) < 4.78 is 18.1. The highest BCUT2D eigenvalue weighted by molar-refractivity contribution is 8.03. The molecule has 0 amide bonds. The molecule has 0 atom stereocenters. The summed E-state index contributed by atoms with van der Waals surface area (Å²) in [6, 6.07) is 19.7. The lowest BCUT2D eigenvalue weighted by Crippen LogP contribution is -2.16. The number of nitrogens with zero attached hydrogens (tertiary/aromatic N) is 1. The Morgan fingerprint density at radius 2 is 1.67 bits per heavy atom. The van der Waals surface area contributed by atoms with Crippen molar-refractivity contribution in [1.82, 2.24) is 4.57 Å². The molecule has 6 heteroatoms. The van der Waals surface area contributed by atoms with Crippen LogP contribution in [0.25, 0.3) is 21.9 Å². The van der Waals surface area contributed by atoms with E-state index in [1.165, 1.54) is 24.1 Å². The topological polar surface area (TPSA) is 46.1 Å². The first-order chi connectivity index (χ1) is 14.6. The van der Waals surface area contributed by atoms with Gasteiger partial charge in [0, 0.05) is 46.8 Å². The molecule has 1 aromatic heterocycles. The SMILES string of the molecule is C=CSNc1ccc(Nc2ccc(F)cc2)c(-c2cn(C)c(=O)c3ccccc23)c1. The molecule has 30 heavy (non-hydrogen) atoms. The van der Waals surface area contributed by atoms with Gasteiger partial charge in [-0.3, -0.25) is 4.79 Å². The third-order valence-electron chi connectivity index (χ3n) is 4.78. The standard InChI is InChI=1S/C24H20FN3OS/c1-3-30-27-18-12-13-23(26-17-10-8-16(25)9-11-17)21(14-18)22-15-28(2)24(29)20-7-5-4-6-19(20)22/h3-15,26-27H,1H2,2H3. The summed E-state index contributed by atoms with van der Waals surface area (Å²) in [5, 5.41) is 6.61. The molecule has 0 aliphatic carbocycles. The van der Waals surface area contributed by atoms with Crippen LogP contribution in [0.4, 0.5) is 21.5 Å². The van der Waals surface area contributed by atoms with Crippen molar-refractivity contribution in [3.05, 3.63) is 101 Å². The molecule has 0 unspecified atom stereocenters. The molecule has 3 aromatic carbocycles. The van der Waals surface area contributed by atoms with Gasteiger partial charge in [0.05, 0.1) is 0 Å². The minimum Gasteiger partial charge on any atom is -0.355 e. The number of hydrogen-bond acceptors (Lipinski definition) is 4. The number of anilines is 3. The van der Waals surface area contributed by atoms with Gasteiger partial charge in [-0.25, -0.2) is 4.39 Å². The Hall–Kier alpha value is -3.51. The number of fused-ring (bicyclic) bond motifs is 1. The number of aryl methyl sites for hydroxylation is 1. The Balaban J connectivity index is 1.91. The molecule has 4 nitrogen and oxygen atoms in total. The summed E-state index contributed by atoms with van der Waals surface area (Å²) in [5.74, 6) is -0.286. The second-order valence-corrected chi connectivity index (χ2v) is 7.56. The summed E-state index contributed by atoms with van der Waals surface area (Å²) in [7, 11) is 1.75. The summed E-state index contributed by atoms with van der Waals surface area (Å²) >= 11 is 1.38. The minimum absolute atomic E-state index is 0.0427. The second kappa shape index (κ2) is 8.47. The van der Waals surface area contributed by atoms with Crippen molar-refractivity contribution in [2.75, 3.05) is 10.0 Å². The molecule has 0 saturated carbocycles. The summed E-state index contributed by atoms with van der Waals surface area (Å²) in [6.45, 7) is 3.72. The number of nitrogens with one attached hydrogen (secondary N) is 2. The first-order valence-electron chi connectivity index (χ1n) is 9.35. The normalized spacial score (nSPS) is 10.7. The van der Waals surface area contributed by atoms with Crippen LogP contribution in [0.2, 0.25) is 0 Å². The molecule has 0 aliphatic heterocycles. The second-order valence-electron chi connectivity index (χ2n) is 6.78. The third kappa shape index (κ3) is 3.95. The molecule has 0 bridgehead atoms. The van der Waals surface area contributed by atoms with Gasteiger partial charge in [0.2, 0.25) is 0 Å². The number of hydrogen-bond donors (Lipinski definition) is 2. The molecule has 4 aromatic rings. The van der Waals surface area contributed by atoms with Crippen molar-refractivity contribution >= 4 is 39.8 Å². The van der Waals surface area contributed by atoms with E-state index >= 15 is 0 Å². The number of aromatic nitrogens is 1. The van der Waals surface area contributed by atoms with Crippen molar-refractivity contribution in [1.29, 1.82) is 0 Å². The molecule has 0 saturated heterocycles. The van der Waals surface area contributed by atoms with E-state index in [-0.39, 0.29) is 11.4 Å². The van der Waals surface area contributed by atoms with Crippen LogP contribution in [0.3, 0.4) is 0 Å². The van der Waals surface area contributed by atoms with E-state index in [0.717, 1.165) is 33.6 Å². The van der Waals surface area contributed by atoms with Crippen molar-refractivity contribution in [3.63, 3.8) is 0 Å². The summed E-state index contributed by atoms with van der Waals surface area (Å²) in [6.07, 6.45) is 1.85. The van der Waals surface area contributed by atoms with Crippen LogP contribution in [-0.2, 0) is 7.05 Å². The Kier molecular flexibility index (Phi) is 5.59. The first kappa shape index (κ1) is 19.8. The molecule has 0 aliphatic rings. The van der Waals surface area contributed by atoms with Gasteiger partial charge in [0.1, 0.15) is 5.82 Å². The smallest absolute Gasteiger partial charge is 0.258 e. The van der Waals surface area contributed by atoms with Crippen LogP contribution in [0, 0.1) is 5.82 Å². The molecular formula is C24H20FN3OS. The lowest BCUT2D eigenvalue weighted by molar-refractivity contribution is 0.628. The number of rotatable bonds is 6. The van der Waals surface area contributed by atoms with E-state index in [1.807, 2.05) is 48.7 Å². The maximum Gasteiger partial charge on any atom is 0.258 e. The largest absolute Gasteiger partial charge is 0.355 e. The van der Waals surface area contributed by atoms with Crippen LogP contribution < -0.4 is 15.6 Å². The Labute approximate surface area is 178 Å². The lowest BCUT2D eigenvalue weighted by atomic mass is 9.98. The zero-order valence-electron chi connectivity index (χ0n) is 16.4. The van der Waals surface area contributed by atoms with Crippen LogP contribution in [0.1, 0.15) is 0 Å².